The van der Waals surface area contributed by atoms with Crippen molar-refractivity contribution in [3.8, 4) is 0 Å². The molecule has 0 aliphatic carbocycles. The first-order chi connectivity index (χ1) is 7.01. The SMILES string of the molecule is CCCN1CCC(C)(F)C(/C(N)=N/O)C1. The minimum absolute atomic E-state index is 0.000744. The number of hydrogen-bond acceptors (Lipinski definition) is 3. The number of alkyl halides is 1. The van der Waals surface area contributed by atoms with E-state index in [0.29, 0.717) is 13.0 Å². The number of nitrogens with zero attached hydrogens (tertiary/aromatic N) is 2. The lowest BCUT2D eigenvalue weighted by Crippen LogP contribution is -2.53. The first-order valence-electron chi connectivity index (χ1n) is 5.40. The molecule has 0 aromatic heterocycles. The molecule has 0 bridgehead atoms. The number of oxime groups is 1. The third kappa shape index (κ3) is 2.81. The minimum atomic E-state index is -1.36. The van der Waals surface area contributed by atoms with Crippen molar-refractivity contribution >= 4 is 5.84 Å². The summed E-state index contributed by atoms with van der Waals surface area (Å²) in [6.07, 6.45) is 1.47. The summed E-state index contributed by atoms with van der Waals surface area (Å²) in [7, 11) is 0. The maximum Gasteiger partial charge on any atom is 0.146 e. The zero-order valence-electron chi connectivity index (χ0n) is 9.41. The van der Waals surface area contributed by atoms with Gasteiger partial charge in [-0.3, -0.25) is 0 Å². The van der Waals surface area contributed by atoms with E-state index >= 15 is 0 Å². The molecule has 4 nitrogen and oxygen atoms in total. The Kier molecular flexibility index (Phi) is 3.90. The number of halogens is 1. The van der Waals surface area contributed by atoms with Crippen LogP contribution in [-0.4, -0.2) is 41.2 Å². The number of rotatable bonds is 3. The Morgan fingerprint density at radius 1 is 1.73 bits per heavy atom. The van der Waals surface area contributed by atoms with Gasteiger partial charge < -0.3 is 15.8 Å². The molecule has 0 amide bonds. The Bertz CT molecular complexity index is 243. The van der Waals surface area contributed by atoms with E-state index in [1.54, 1.807) is 0 Å². The van der Waals surface area contributed by atoms with Crippen LogP contribution in [0.4, 0.5) is 4.39 Å². The summed E-state index contributed by atoms with van der Waals surface area (Å²) in [5.41, 5.74) is 4.15. The Morgan fingerprint density at radius 3 is 2.93 bits per heavy atom. The summed E-state index contributed by atoms with van der Waals surface area (Å²) in [4.78, 5) is 2.16. The van der Waals surface area contributed by atoms with Gasteiger partial charge in [0.1, 0.15) is 11.5 Å². The molecule has 2 unspecified atom stereocenters. The molecular weight excluding hydrogens is 197 g/mol. The highest BCUT2D eigenvalue weighted by Gasteiger charge is 2.41. The lowest BCUT2D eigenvalue weighted by molar-refractivity contribution is 0.0408. The summed E-state index contributed by atoms with van der Waals surface area (Å²) >= 11 is 0. The van der Waals surface area contributed by atoms with Crippen LogP contribution in [0.3, 0.4) is 0 Å². The third-order valence-electron chi connectivity index (χ3n) is 3.10. The van der Waals surface area contributed by atoms with Gasteiger partial charge >= 0.3 is 0 Å². The molecule has 0 spiro atoms. The molecule has 0 aromatic carbocycles. The highest BCUT2D eigenvalue weighted by molar-refractivity contribution is 5.83. The number of likely N-dealkylation sites (tertiary alicyclic amines) is 1. The smallest absolute Gasteiger partial charge is 0.146 e. The summed E-state index contributed by atoms with van der Waals surface area (Å²) in [6.45, 7) is 5.83. The zero-order chi connectivity index (χ0) is 11.5. The standard InChI is InChI=1S/C10H20FN3O/c1-3-5-14-6-4-10(2,11)8(7-14)9(12)13-15/h8,15H,3-7H2,1-2H3,(H2,12,13). The molecule has 1 aliphatic heterocycles. The summed E-state index contributed by atoms with van der Waals surface area (Å²) in [6, 6.07) is 0. The van der Waals surface area contributed by atoms with Crippen molar-refractivity contribution in [2.45, 2.75) is 32.4 Å². The zero-order valence-corrected chi connectivity index (χ0v) is 9.41. The normalized spacial score (nSPS) is 34.3. The maximum absolute atomic E-state index is 14.1. The van der Waals surface area contributed by atoms with Gasteiger partial charge in [0.25, 0.3) is 0 Å². The molecule has 1 rings (SSSR count). The molecular formula is C10H20FN3O. The molecule has 0 radical (unpaired) electrons. The van der Waals surface area contributed by atoms with Crippen molar-refractivity contribution in [2.24, 2.45) is 16.8 Å². The molecule has 1 fully saturated rings. The Labute approximate surface area is 89.9 Å². The van der Waals surface area contributed by atoms with Crippen LogP contribution in [0, 0.1) is 5.92 Å². The highest BCUT2D eigenvalue weighted by atomic mass is 19.1. The van der Waals surface area contributed by atoms with Crippen LogP contribution < -0.4 is 5.73 Å². The Hall–Kier alpha value is -0.840. The van der Waals surface area contributed by atoms with Crippen molar-refractivity contribution in [2.75, 3.05) is 19.6 Å². The quantitative estimate of drug-likeness (QED) is 0.323. The van der Waals surface area contributed by atoms with Crippen LogP contribution in [0.25, 0.3) is 0 Å². The second kappa shape index (κ2) is 4.79. The molecule has 88 valence electrons. The van der Waals surface area contributed by atoms with Crippen LogP contribution in [-0.2, 0) is 0 Å². The molecule has 1 aliphatic rings. The molecule has 0 saturated carbocycles. The van der Waals surface area contributed by atoms with E-state index < -0.39 is 11.6 Å². The molecule has 1 saturated heterocycles. The fourth-order valence-electron chi connectivity index (χ4n) is 2.08. The minimum Gasteiger partial charge on any atom is -0.409 e. The van der Waals surface area contributed by atoms with Crippen LogP contribution in [0.5, 0.6) is 0 Å². The fourth-order valence-corrected chi connectivity index (χ4v) is 2.08. The predicted molar refractivity (Wildman–Crippen MR) is 57.8 cm³/mol. The molecule has 3 N–H and O–H groups in total. The van der Waals surface area contributed by atoms with Gasteiger partial charge in [-0.05, 0) is 26.3 Å². The average Bonchev–Trinajstić information content (AvgIpc) is 2.20. The number of amidine groups is 1. The fraction of sp³-hybridized carbons (Fsp3) is 0.900. The Balaban J connectivity index is 2.70. The van der Waals surface area contributed by atoms with Crippen molar-refractivity contribution < 1.29 is 9.60 Å². The lowest BCUT2D eigenvalue weighted by Gasteiger charge is -2.40. The molecule has 2 atom stereocenters. The highest BCUT2D eigenvalue weighted by Crippen LogP contribution is 2.31. The van der Waals surface area contributed by atoms with Gasteiger partial charge in [0.2, 0.25) is 0 Å². The van der Waals surface area contributed by atoms with Crippen molar-refractivity contribution in [3.05, 3.63) is 0 Å². The van der Waals surface area contributed by atoms with Gasteiger partial charge in [0.15, 0.2) is 0 Å². The lowest BCUT2D eigenvalue weighted by atomic mass is 9.83. The largest absolute Gasteiger partial charge is 0.409 e. The van der Waals surface area contributed by atoms with E-state index in [4.69, 9.17) is 10.9 Å². The van der Waals surface area contributed by atoms with Gasteiger partial charge in [-0.2, -0.15) is 0 Å². The van der Waals surface area contributed by atoms with Crippen molar-refractivity contribution in [1.29, 1.82) is 0 Å². The van der Waals surface area contributed by atoms with E-state index in [1.807, 2.05) is 0 Å². The summed E-state index contributed by atoms with van der Waals surface area (Å²) in [5.74, 6) is -0.497. The van der Waals surface area contributed by atoms with Crippen LogP contribution in [0.2, 0.25) is 0 Å². The molecule has 5 heteroatoms. The van der Waals surface area contributed by atoms with E-state index in [9.17, 15) is 4.39 Å². The van der Waals surface area contributed by atoms with Crippen LogP contribution >= 0.6 is 0 Å². The van der Waals surface area contributed by atoms with Gasteiger partial charge in [0, 0.05) is 13.1 Å². The van der Waals surface area contributed by atoms with Gasteiger partial charge in [-0.1, -0.05) is 12.1 Å². The average molecular weight is 217 g/mol. The predicted octanol–water partition coefficient (Wildman–Crippen LogP) is 1.19. The number of piperidine rings is 1. The van der Waals surface area contributed by atoms with E-state index in [-0.39, 0.29) is 5.84 Å². The van der Waals surface area contributed by atoms with Gasteiger partial charge in [-0.25, -0.2) is 4.39 Å². The Morgan fingerprint density at radius 2 is 2.40 bits per heavy atom. The molecule has 15 heavy (non-hydrogen) atoms. The maximum atomic E-state index is 14.1. The second-order valence-electron chi connectivity index (χ2n) is 4.41. The summed E-state index contributed by atoms with van der Waals surface area (Å²) < 4.78 is 14.1. The van der Waals surface area contributed by atoms with E-state index in [1.165, 1.54) is 6.92 Å². The molecule has 1 heterocycles. The first kappa shape index (κ1) is 12.2. The van der Waals surface area contributed by atoms with Gasteiger partial charge in [-0.15, -0.1) is 0 Å². The monoisotopic (exact) mass is 217 g/mol. The third-order valence-corrected chi connectivity index (χ3v) is 3.10. The van der Waals surface area contributed by atoms with Crippen molar-refractivity contribution in [3.63, 3.8) is 0 Å². The first-order valence-corrected chi connectivity index (χ1v) is 5.40. The van der Waals surface area contributed by atoms with Gasteiger partial charge in [0.05, 0.1) is 5.92 Å². The second-order valence-corrected chi connectivity index (χ2v) is 4.41. The van der Waals surface area contributed by atoms with Crippen LogP contribution in [0.1, 0.15) is 26.7 Å². The topological polar surface area (TPSA) is 61.8 Å². The molecule has 0 aromatic rings. The number of hydrogen-bond donors (Lipinski definition) is 2. The summed E-state index contributed by atoms with van der Waals surface area (Å²) in [5, 5.41) is 11.5. The van der Waals surface area contributed by atoms with E-state index in [2.05, 4.69) is 17.0 Å². The van der Waals surface area contributed by atoms with Crippen LogP contribution in [0.15, 0.2) is 5.16 Å². The van der Waals surface area contributed by atoms with E-state index in [0.717, 1.165) is 19.5 Å². The van der Waals surface area contributed by atoms with Crippen molar-refractivity contribution in [1.82, 2.24) is 4.90 Å². The number of nitrogens with two attached hydrogens (primary N) is 1.